The predicted molar refractivity (Wildman–Crippen MR) is 95.5 cm³/mol. The first-order valence-electron chi connectivity index (χ1n) is 7.50. The average Bonchev–Trinajstić information content (AvgIpc) is 2.57. The molecule has 12 heteroatoms. The van der Waals surface area contributed by atoms with E-state index in [1.807, 2.05) is 0 Å². The van der Waals surface area contributed by atoms with Crippen LogP contribution in [-0.4, -0.2) is 18.7 Å². The van der Waals surface area contributed by atoms with E-state index in [1.165, 1.54) is 6.92 Å². The van der Waals surface area contributed by atoms with Crippen LogP contribution < -0.4 is 9.26 Å². The van der Waals surface area contributed by atoms with E-state index in [4.69, 9.17) is 20.9 Å². The van der Waals surface area contributed by atoms with E-state index in [1.54, 1.807) is 0 Å². The minimum atomic E-state index is -4.57. The third kappa shape index (κ3) is 5.15. The van der Waals surface area contributed by atoms with Crippen LogP contribution in [0, 0.1) is 17.0 Å². The lowest BCUT2D eigenvalue weighted by molar-refractivity contribution is -0.385. The van der Waals surface area contributed by atoms with Crippen molar-refractivity contribution in [1.29, 1.82) is 0 Å². The van der Waals surface area contributed by atoms with E-state index in [0.29, 0.717) is 6.07 Å². The standard InChI is InChI=1S/C16H14ClF3NO6P/c1-9-6-12(21(22)23)15(27-28(3,24)25-2)8-14(9)26-13-5-4-10(7-11(13)17)16(18,19)20/h4-8H,1-3H3. The maximum atomic E-state index is 12.7. The highest BCUT2D eigenvalue weighted by Crippen LogP contribution is 2.48. The summed E-state index contributed by atoms with van der Waals surface area (Å²) >= 11 is 5.86. The van der Waals surface area contributed by atoms with Crippen LogP contribution in [0.15, 0.2) is 30.3 Å². The maximum Gasteiger partial charge on any atom is 0.416 e. The molecular weight excluding hydrogens is 426 g/mol. The molecule has 0 fully saturated rings. The summed E-state index contributed by atoms with van der Waals surface area (Å²) in [6.07, 6.45) is -4.57. The van der Waals surface area contributed by atoms with Gasteiger partial charge in [0.1, 0.15) is 11.5 Å². The Morgan fingerprint density at radius 2 is 1.79 bits per heavy atom. The van der Waals surface area contributed by atoms with Gasteiger partial charge in [-0.3, -0.25) is 10.1 Å². The smallest absolute Gasteiger partial charge is 0.416 e. The Balaban J connectivity index is 2.46. The number of nitro groups is 1. The molecule has 0 aromatic heterocycles. The molecule has 2 rings (SSSR count). The van der Waals surface area contributed by atoms with E-state index in [0.717, 1.165) is 38.0 Å². The number of hydrogen-bond acceptors (Lipinski definition) is 6. The summed E-state index contributed by atoms with van der Waals surface area (Å²) in [5.74, 6) is -0.483. The van der Waals surface area contributed by atoms with Crippen molar-refractivity contribution in [1.82, 2.24) is 0 Å². The highest BCUT2D eigenvalue weighted by atomic mass is 35.5. The van der Waals surface area contributed by atoms with Crippen molar-refractivity contribution in [2.24, 2.45) is 0 Å². The number of rotatable bonds is 6. The van der Waals surface area contributed by atoms with Crippen molar-refractivity contribution in [3.63, 3.8) is 0 Å². The third-order valence-corrected chi connectivity index (χ3v) is 5.02. The zero-order valence-electron chi connectivity index (χ0n) is 14.7. The number of hydrogen-bond donors (Lipinski definition) is 0. The fraction of sp³-hybridized carbons (Fsp3) is 0.250. The lowest BCUT2D eigenvalue weighted by atomic mass is 10.1. The summed E-state index contributed by atoms with van der Waals surface area (Å²) in [7, 11) is -2.51. The van der Waals surface area contributed by atoms with Gasteiger partial charge in [0.05, 0.1) is 15.5 Å². The summed E-state index contributed by atoms with van der Waals surface area (Å²) in [5.41, 5.74) is -1.16. The quantitative estimate of drug-likeness (QED) is 0.302. The molecule has 0 spiro atoms. The third-order valence-electron chi connectivity index (χ3n) is 3.53. The molecule has 2 aromatic rings. The zero-order chi connectivity index (χ0) is 21.3. The lowest BCUT2D eigenvalue weighted by Crippen LogP contribution is -2.04. The molecule has 0 amide bonds. The van der Waals surface area contributed by atoms with Crippen LogP contribution in [0.1, 0.15) is 11.1 Å². The average molecular weight is 440 g/mol. The van der Waals surface area contributed by atoms with Crippen LogP contribution in [0.25, 0.3) is 0 Å². The second-order valence-corrected chi connectivity index (χ2v) is 8.13. The fourth-order valence-electron chi connectivity index (χ4n) is 2.07. The molecule has 0 heterocycles. The Bertz CT molecular complexity index is 966. The van der Waals surface area contributed by atoms with Gasteiger partial charge in [-0.15, -0.1) is 0 Å². The Morgan fingerprint density at radius 3 is 2.29 bits per heavy atom. The van der Waals surface area contributed by atoms with Crippen molar-refractivity contribution in [3.05, 3.63) is 56.6 Å². The van der Waals surface area contributed by atoms with E-state index in [2.05, 4.69) is 4.52 Å². The second-order valence-electron chi connectivity index (χ2n) is 5.63. The first kappa shape index (κ1) is 22.0. The first-order valence-corrected chi connectivity index (χ1v) is 9.87. The van der Waals surface area contributed by atoms with Gasteiger partial charge < -0.3 is 13.8 Å². The van der Waals surface area contributed by atoms with Crippen molar-refractivity contribution in [2.75, 3.05) is 13.8 Å². The summed E-state index contributed by atoms with van der Waals surface area (Å²) in [5, 5.41) is 10.9. The normalized spacial score (nSPS) is 13.7. The van der Waals surface area contributed by atoms with Crippen molar-refractivity contribution >= 4 is 24.9 Å². The van der Waals surface area contributed by atoms with E-state index in [9.17, 15) is 27.9 Å². The molecule has 0 aliphatic heterocycles. The van der Waals surface area contributed by atoms with Gasteiger partial charge in [-0.05, 0) is 30.7 Å². The van der Waals surface area contributed by atoms with Crippen LogP contribution in [0.2, 0.25) is 5.02 Å². The number of ether oxygens (including phenoxy) is 1. The molecule has 0 bridgehead atoms. The number of aryl methyl sites for hydroxylation is 1. The Kier molecular flexibility index (Phi) is 6.27. The van der Waals surface area contributed by atoms with Gasteiger partial charge in [-0.1, -0.05) is 11.6 Å². The van der Waals surface area contributed by atoms with Gasteiger partial charge >= 0.3 is 19.5 Å². The highest BCUT2D eigenvalue weighted by Gasteiger charge is 2.31. The molecule has 0 N–H and O–H groups in total. The number of halogens is 4. The van der Waals surface area contributed by atoms with E-state index >= 15 is 0 Å². The number of nitrogens with zero attached hydrogens (tertiary/aromatic N) is 1. The van der Waals surface area contributed by atoms with E-state index in [-0.39, 0.29) is 27.8 Å². The van der Waals surface area contributed by atoms with Crippen molar-refractivity contribution in [2.45, 2.75) is 13.1 Å². The molecule has 0 aliphatic rings. The van der Waals surface area contributed by atoms with Gasteiger partial charge in [-0.25, -0.2) is 4.57 Å². The van der Waals surface area contributed by atoms with Crippen LogP contribution in [0.4, 0.5) is 18.9 Å². The number of nitro benzene ring substituents is 1. The molecular formula is C16H14ClF3NO6P. The lowest BCUT2D eigenvalue weighted by Gasteiger charge is -2.16. The molecule has 1 atom stereocenters. The minimum absolute atomic E-state index is 0.0124. The fourth-order valence-corrected chi connectivity index (χ4v) is 2.87. The zero-order valence-corrected chi connectivity index (χ0v) is 16.4. The largest absolute Gasteiger partial charge is 0.455 e. The second kappa shape index (κ2) is 7.98. The van der Waals surface area contributed by atoms with Crippen molar-refractivity contribution < 1.29 is 36.4 Å². The van der Waals surface area contributed by atoms with Crippen molar-refractivity contribution in [3.8, 4) is 17.2 Å². The van der Waals surface area contributed by atoms with Gasteiger partial charge in [0, 0.05) is 25.9 Å². The van der Waals surface area contributed by atoms with Gasteiger partial charge in [0.15, 0.2) is 0 Å². The molecule has 152 valence electrons. The van der Waals surface area contributed by atoms with Crippen LogP contribution in [0.5, 0.6) is 17.2 Å². The maximum absolute atomic E-state index is 12.7. The molecule has 0 saturated heterocycles. The van der Waals surface area contributed by atoms with E-state index < -0.39 is 29.9 Å². The summed E-state index contributed by atoms with van der Waals surface area (Å²) in [4.78, 5) is 10.5. The van der Waals surface area contributed by atoms with Gasteiger partial charge in [0.2, 0.25) is 5.75 Å². The summed E-state index contributed by atoms with van der Waals surface area (Å²) in [6, 6.07) is 4.70. The topological polar surface area (TPSA) is 87.9 Å². The highest BCUT2D eigenvalue weighted by molar-refractivity contribution is 7.53. The monoisotopic (exact) mass is 439 g/mol. The Hall–Kier alpha value is -2.29. The SMILES string of the molecule is COP(C)(=O)Oc1cc(Oc2ccc(C(F)(F)F)cc2Cl)c(C)cc1[N+](=O)[O-]. The molecule has 0 radical (unpaired) electrons. The van der Waals surface area contributed by atoms with Crippen LogP contribution >= 0.6 is 19.2 Å². The Labute approximate surface area is 162 Å². The molecule has 2 aromatic carbocycles. The van der Waals surface area contributed by atoms with Crippen LogP contribution in [-0.2, 0) is 15.3 Å². The molecule has 7 nitrogen and oxygen atoms in total. The number of alkyl halides is 3. The van der Waals surface area contributed by atoms with Gasteiger partial charge in [-0.2, -0.15) is 13.2 Å². The molecule has 28 heavy (non-hydrogen) atoms. The molecule has 1 unspecified atom stereocenters. The first-order chi connectivity index (χ1) is 12.8. The molecule has 0 saturated carbocycles. The molecule has 0 aliphatic carbocycles. The summed E-state index contributed by atoms with van der Waals surface area (Å²) < 4.78 is 65.5. The summed E-state index contributed by atoms with van der Waals surface area (Å²) in [6.45, 7) is 2.59. The number of benzene rings is 2. The van der Waals surface area contributed by atoms with Crippen LogP contribution in [0.3, 0.4) is 0 Å². The van der Waals surface area contributed by atoms with Gasteiger partial charge in [0.25, 0.3) is 0 Å². The Morgan fingerprint density at radius 1 is 1.14 bits per heavy atom. The minimum Gasteiger partial charge on any atom is -0.455 e. The predicted octanol–water partition coefficient (Wildman–Crippen LogP) is 6.22.